The number of thioether (sulfide) groups is 1. The lowest BCUT2D eigenvalue weighted by molar-refractivity contribution is 0.412. The lowest BCUT2D eigenvalue weighted by Crippen LogP contribution is -1.94. The van der Waals surface area contributed by atoms with Crippen molar-refractivity contribution in [2.24, 2.45) is 0 Å². The van der Waals surface area contributed by atoms with Gasteiger partial charge in [0, 0.05) is 10.1 Å². The van der Waals surface area contributed by atoms with Gasteiger partial charge in [-0.05, 0) is 12.1 Å². The van der Waals surface area contributed by atoms with Crippen molar-refractivity contribution >= 4 is 23.4 Å². The highest BCUT2D eigenvalue weighted by Gasteiger charge is 2.14. The second kappa shape index (κ2) is 5.29. The summed E-state index contributed by atoms with van der Waals surface area (Å²) in [5.41, 5.74) is 0.517. The summed E-state index contributed by atoms with van der Waals surface area (Å²) in [4.78, 5) is 0.800. The Morgan fingerprint density at radius 1 is 1.47 bits per heavy atom. The Labute approximate surface area is 99.2 Å². The predicted molar refractivity (Wildman–Crippen MR) is 63.7 cm³/mol. The zero-order chi connectivity index (χ0) is 11.4. The van der Waals surface area contributed by atoms with Gasteiger partial charge >= 0.3 is 0 Å². The molecule has 0 spiro atoms. The number of ether oxygens (including phenoxy) is 1. The molecule has 1 aromatic carbocycles. The van der Waals surface area contributed by atoms with Gasteiger partial charge in [0.1, 0.15) is 17.4 Å². The van der Waals surface area contributed by atoms with Crippen molar-refractivity contribution in [1.29, 1.82) is 5.26 Å². The number of halogens is 1. The van der Waals surface area contributed by atoms with E-state index in [1.165, 1.54) is 0 Å². The first kappa shape index (κ1) is 12.2. The van der Waals surface area contributed by atoms with E-state index in [-0.39, 0.29) is 0 Å². The van der Waals surface area contributed by atoms with Crippen LogP contribution in [0.15, 0.2) is 17.0 Å². The van der Waals surface area contributed by atoms with Crippen LogP contribution in [0, 0.1) is 11.3 Å². The summed E-state index contributed by atoms with van der Waals surface area (Å²) in [5.74, 6) is 0.574. The summed E-state index contributed by atoms with van der Waals surface area (Å²) in [5, 5.41) is 10.0. The van der Waals surface area contributed by atoms with Gasteiger partial charge in [0.05, 0.1) is 12.1 Å². The maximum Gasteiger partial charge on any atom is 0.137 e. The third-order valence-electron chi connectivity index (χ3n) is 1.76. The molecular formula is C11H12ClNOS. The molecule has 0 aliphatic heterocycles. The van der Waals surface area contributed by atoms with Crippen molar-refractivity contribution in [3.63, 3.8) is 0 Å². The fourth-order valence-electron chi connectivity index (χ4n) is 1.17. The molecule has 0 radical (unpaired) electrons. The lowest BCUT2D eigenvalue weighted by Gasteiger charge is -2.11. The minimum atomic E-state index is 0.377. The molecule has 1 aromatic rings. The lowest BCUT2D eigenvalue weighted by atomic mass is 10.2. The molecule has 2 nitrogen and oxygen atoms in total. The van der Waals surface area contributed by atoms with Crippen molar-refractivity contribution < 1.29 is 4.74 Å². The van der Waals surface area contributed by atoms with Gasteiger partial charge in [-0.1, -0.05) is 25.4 Å². The number of rotatable bonds is 3. The van der Waals surface area contributed by atoms with Crippen LogP contribution in [-0.4, -0.2) is 12.4 Å². The Hall–Kier alpha value is -0.850. The van der Waals surface area contributed by atoms with Crippen molar-refractivity contribution in [2.75, 3.05) is 7.11 Å². The van der Waals surface area contributed by atoms with Crippen molar-refractivity contribution in [1.82, 2.24) is 0 Å². The highest BCUT2D eigenvalue weighted by atomic mass is 35.5. The van der Waals surface area contributed by atoms with Crippen LogP contribution < -0.4 is 4.74 Å². The number of benzene rings is 1. The molecule has 0 N–H and O–H groups in total. The molecule has 15 heavy (non-hydrogen) atoms. The van der Waals surface area contributed by atoms with Crippen LogP contribution in [0.2, 0.25) is 5.02 Å². The van der Waals surface area contributed by atoms with Gasteiger partial charge < -0.3 is 4.74 Å². The van der Waals surface area contributed by atoms with E-state index in [1.54, 1.807) is 31.0 Å². The largest absolute Gasteiger partial charge is 0.495 e. The van der Waals surface area contributed by atoms with Gasteiger partial charge in [0.15, 0.2) is 0 Å². The molecule has 0 atom stereocenters. The van der Waals surface area contributed by atoms with Crippen LogP contribution in [-0.2, 0) is 0 Å². The SMILES string of the molecule is COc1ccc(Cl)c(SC(C)C)c1C#N. The summed E-state index contributed by atoms with van der Waals surface area (Å²) in [6.07, 6.45) is 0. The monoisotopic (exact) mass is 241 g/mol. The number of hydrogen-bond donors (Lipinski definition) is 0. The minimum Gasteiger partial charge on any atom is -0.495 e. The van der Waals surface area contributed by atoms with Crippen LogP contribution in [0.5, 0.6) is 5.75 Å². The number of methoxy groups -OCH3 is 1. The van der Waals surface area contributed by atoms with E-state index in [9.17, 15) is 0 Å². The molecule has 0 saturated carbocycles. The molecule has 0 bridgehead atoms. The van der Waals surface area contributed by atoms with Crippen molar-refractivity contribution in [2.45, 2.75) is 24.0 Å². The number of nitrogens with zero attached hydrogens (tertiary/aromatic N) is 1. The van der Waals surface area contributed by atoms with E-state index >= 15 is 0 Å². The maximum atomic E-state index is 9.07. The summed E-state index contributed by atoms with van der Waals surface area (Å²) in [7, 11) is 1.55. The van der Waals surface area contributed by atoms with Crippen LogP contribution >= 0.6 is 23.4 Å². The minimum absolute atomic E-state index is 0.377. The highest BCUT2D eigenvalue weighted by Crippen LogP contribution is 2.37. The Balaban J connectivity index is 3.27. The Bertz CT molecular complexity index is 398. The van der Waals surface area contributed by atoms with E-state index < -0.39 is 0 Å². The van der Waals surface area contributed by atoms with E-state index in [0.717, 1.165) is 4.90 Å². The Morgan fingerprint density at radius 2 is 2.13 bits per heavy atom. The topological polar surface area (TPSA) is 33.0 Å². The van der Waals surface area contributed by atoms with Crippen LogP contribution in [0.3, 0.4) is 0 Å². The summed E-state index contributed by atoms with van der Waals surface area (Å²) >= 11 is 7.63. The van der Waals surface area contributed by atoms with Gasteiger partial charge in [-0.3, -0.25) is 0 Å². The van der Waals surface area contributed by atoms with Gasteiger partial charge in [-0.2, -0.15) is 5.26 Å². The molecule has 0 aliphatic rings. The predicted octanol–water partition coefficient (Wildman–Crippen LogP) is 3.72. The van der Waals surface area contributed by atoms with Crippen LogP contribution in [0.1, 0.15) is 19.4 Å². The first-order valence-corrected chi connectivity index (χ1v) is 5.79. The zero-order valence-electron chi connectivity index (χ0n) is 8.87. The highest BCUT2D eigenvalue weighted by molar-refractivity contribution is 8.00. The van der Waals surface area contributed by atoms with Gasteiger partial charge in [0.25, 0.3) is 0 Å². The number of nitriles is 1. The quantitative estimate of drug-likeness (QED) is 0.757. The fraction of sp³-hybridized carbons (Fsp3) is 0.364. The second-order valence-electron chi connectivity index (χ2n) is 3.23. The smallest absolute Gasteiger partial charge is 0.137 e. The standard InChI is InChI=1S/C11H12ClNOS/c1-7(2)15-11-8(6-13)10(14-3)5-4-9(11)12/h4-5,7H,1-3H3. The molecule has 0 unspecified atom stereocenters. The zero-order valence-corrected chi connectivity index (χ0v) is 10.4. The van der Waals surface area contributed by atoms with Crippen LogP contribution in [0.4, 0.5) is 0 Å². The molecule has 0 heterocycles. The molecule has 0 fully saturated rings. The summed E-state index contributed by atoms with van der Waals surface area (Å²) < 4.78 is 5.12. The Morgan fingerprint density at radius 3 is 2.60 bits per heavy atom. The summed E-state index contributed by atoms with van der Waals surface area (Å²) in [6.45, 7) is 4.11. The van der Waals surface area contributed by atoms with Crippen LogP contribution in [0.25, 0.3) is 0 Å². The fourth-order valence-corrected chi connectivity index (χ4v) is 2.37. The summed E-state index contributed by atoms with van der Waals surface area (Å²) in [6, 6.07) is 5.60. The molecule has 1 rings (SSSR count). The van der Waals surface area contributed by atoms with Gasteiger partial charge in [-0.15, -0.1) is 11.8 Å². The molecule has 0 saturated heterocycles. The van der Waals surface area contributed by atoms with E-state index in [1.807, 2.05) is 0 Å². The average molecular weight is 242 g/mol. The van der Waals surface area contributed by atoms with E-state index in [2.05, 4.69) is 19.9 Å². The number of hydrogen-bond acceptors (Lipinski definition) is 3. The maximum absolute atomic E-state index is 9.07. The third kappa shape index (κ3) is 2.80. The Kier molecular flexibility index (Phi) is 4.31. The first-order valence-electron chi connectivity index (χ1n) is 4.53. The first-order chi connectivity index (χ1) is 7.10. The second-order valence-corrected chi connectivity index (χ2v) is 5.23. The third-order valence-corrected chi connectivity index (χ3v) is 3.31. The normalized spacial score (nSPS) is 10.1. The van der Waals surface area contributed by atoms with Gasteiger partial charge in [0.2, 0.25) is 0 Å². The molecule has 0 aromatic heterocycles. The molecular weight excluding hydrogens is 230 g/mol. The van der Waals surface area contributed by atoms with Gasteiger partial charge in [-0.25, -0.2) is 0 Å². The average Bonchev–Trinajstić information content (AvgIpc) is 2.20. The molecule has 4 heteroatoms. The molecule has 80 valence electrons. The van der Waals surface area contributed by atoms with E-state index in [0.29, 0.717) is 21.6 Å². The van der Waals surface area contributed by atoms with Crippen molar-refractivity contribution in [3.8, 4) is 11.8 Å². The molecule has 0 aliphatic carbocycles. The van der Waals surface area contributed by atoms with E-state index in [4.69, 9.17) is 21.6 Å². The van der Waals surface area contributed by atoms with Crippen molar-refractivity contribution in [3.05, 3.63) is 22.7 Å². The molecule has 0 amide bonds.